The molecule has 1 fully saturated rings. The lowest BCUT2D eigenvalue weighted by Gasteiger charge is -2.08. The van der Waals surface area contributed by atoms with Gasteiger partial charge in [-0.05, 0) is 25.0 Å². The molecular weight excluding hydrogens is 238 g/mol. The van der Waals surface area contributed by atoms with Crippen LogP contribution in [0.1, 0.15) is 31.6 Å². The van der Waals surface area contributed by atoms with Crippen molar-refractivity contribution in [3.05, 3.63) is 30.1 Å². The van der Waals surface area contributed by atoms with Crippen LogP contribution in [0.15, 0.2) is 24.3 Å². The number of imidazole rings is 1. The standard InChI is InChI=1S/C15H19N3O/c1-3-13-17-14(15(16)18(13)10-8-9-10)11-6-4-5-7-12(11)19-2/h4-7,10H,3,8-9,16H2,1-2H3. The molecule has 1 aromatic carbocycles. The first-order valence-corrected chi connectivity index (χ1v) is 6.76. The van der Waals surface area contributed by atoms with Gasteiger partial charge in [0.2, 0.25) is 0 Å². The van der Waals surface area contributed by atoms with E-state index in [9.17, 15) is 0 Å². The zero-order valence-corrected chi connectivity index (χ0v) is 11.4. The summed E-state index contributed by atoms with van der Waals surface area (Å²) in [5, 5.41) is 0. The summed E-state index contributed by atoms with van der Waals surface area (Å²) in [6.45, 7) is 2.12. The molecule has 1 heterocycles. The molecule has 0 saturated heterocycles. The second-order valence-corrected chi connectivity index (χ2v) is 4.92. The molecule has 3 rings (SSSR count). The number of hydrogen-bond acceptors (Lipinski definition) is 3. The number of nitrogen functional groups attached to an aromatic ring is 1. The van der Waals surface area contributed by atoms with E-state index in [-0.39, 0.29) is 0 Å². The highest BCUT2D eigenvalue weighted by Gasteiger charge is 2.29. The van der Waals surface area contributed by atoms with Crippen LogP contribution in [0.2, 0.25) is 0 Å². The van der Waals surface area contributed by atoms with Crippen molar-refractivity contribution >= 4 is 5.82 Å². The Hall–Kier alpha value is -1.97. The number of nitrogens with two attached hydrogens (primary N) is 1. The predicted molar refractivity (Wildman–Crippen MR) is 76.3 cm³/mol. The molecule has 100 valence electrons. The minimum atomic E-state index is 0.547. The van der Waals surface area contributed by atoms with Crippen LogP contribution in [0, 0.1) is 0 Å². The second kappa shape index (κ2) is 4.61. The van der Waals surface area contributed by atoms with Crippen molar-refractivity contribution in [2.24, 2.45) is 0 Å². The molecule has 4 nitrogen and oxygen atoms in total. The van der Waals surface area contributed by atoms with Crippen LogP contribution >= 0.6 is 0 Å². The van der Waals surface area contributed by atoms with Crippen LogP contribution in [0.4, 0.5) is 5.82 Å². The Balaban J connectivity index is 2.15. The van der Waals surface area contributed by atoms with E-state index >= 15 is 0 Å². The molecule has 0 atom stereocenters. The van der Waals surface area contributed by atoms with Crippen LogP contribution in [0.25, 0.3) is 11.3 Å². The first kappa shape index (κ1) is 12.1. The van der Waals surface area contributed by atoms with E-state index in [1.165, 1.54) is 12.8 Å². The molecule has 0 unspecified atom stereocenters. The van der Waals surface area contributed by atoms with Crippen molar-refractivity contribution in [2.75, 3.05) is 12.8 Å². The number of aromatic nitrogens is 2. The van der Waals surface area contributed by atoms with Gasteiger partial charge in [0.1, 0.15) is 23.1 Å². The monoisotopic (exact) mass is 257 g/mol. The highest BCUT2D eigenvalue weighted by Crippen LogP contribution is 2.42. The smallest absolute Gasteiger partial charge is 0.132 e. The Kier molecular flexibility index (Phi) is 2.93. The van der Waals surface area contributed by atoms with E-state index < -0.39 is 0 Å². The zero-order valence-electron chi connectivity index (χ0n) is 11.4. The molecule has 0 aliphatic heterocycles. The van der Waals surface area contributed by atoms with Crippen LogP contribution in [0.5, 0.6) is 5.75 Å². The van der Waals surface area contributed by atoms with Crippen molar-refractivity contribution in [1.29, 1.82) is 0 Å². The predicted octanol–water partition coefficient (Wildman–Crippen LogP) is 3.04. The van der Waals surface area contributed by atoms with Gasteiger partial charge < -0.3 is 15.0 Å². The molecule has 0 radical (unpaired) electrons. The van der Waals surface area contributed by atoms with Gasteiger partial charge in [0.05, 0.1) is 7.11 Å². The molecule has 19 heavy (non-hydrogen) atoms. The third kappa shape index (κ3) is 1.97. The lowest BCUT2D eigenvalue weighted by molar-refractivity contribution is 0.416. The first-order valence-electron chi connectivity index (χ1n) is 6.76. The maximum atomic E-state index is 6.32. The molecule has 2 N–H and O–H groups in total. The van der Waals surface area contributed by atoms with Gasteiger partial charge in [-0.15, -0.1) is 0 Å². The second-order valence-electron chi connectivity index (χ2n) is 4.92. The van der Waals surface area contributed by atoms with E-state index in [2.05, 4.69) is 11.5 Å². The fourth-order valence-corrected chi connectivity index (χ4v) is 2.52. The molecule has 1 saturated carbocycles. The molecule has 1 aliphatic rings. The maximum absolute atomic E-state index is 6.32. The minimum Gasteiger partial charge on any atom is -0.496 e. The molecule has 1 aromatic heterocycles. The molecule has 0 bridgehead atoms. The summed E-state index contributed by atoms with van der Waals surface area (Å²) >= 11 is 0. The number of rotatable bonds is 4. The van der Waals surface area contributed by atoms with Crippen molar-refractivity contribution < 1.29 is 4.74 Å². The fourth-order valence-electron chi connectivity index (χ4n) is 2.52. The Morgan fingerprint density at radius 2 is 2.11 bits per heavy atom. The third-order valence-corrected chi connectivity index (χ3v) is 3.61. The van der Waals surface area contributed by atoms with Gasteiger partial charge >= 0.3 is 0 Å². The van der Waals surface area contributed by atoms with E-state index in [0.717, 1.165) is 35.1 Å². The molecule has 4 heteroatoms. The quantitative estimate of drug-likeness (QED) is 0.916. The van der Waals surface area contributed by atoms with E-state index in [0.29, 0.717) is 6.04 Å². The summed E-state index contributed by atoms with van der Waals surface area (Å²) in [5.74, 6) is 2.65. The molecule has 1 aliphatic carbocycles. The van der Waals surface area contributed by atoms with Crippen molar-refractivity contribution in [3.8, 4) is 17.0 Å². The van der Waals surface area contributed by atoms with Gasteiger partial charge in [0.25, 0.3) is 0 Å². The average molecular weight is 257 g/mol. The van der Waals surface area contributed by atoms with Crippen LogP contribution in [-0.4, -0.2) is 16.7 Å². The number of ether oxygens (including phenoxy) is 1. The number of methoxy groups -OCH3 is 1. The Labute approximate surface area is 113 Å². The average Bonchev–Trinajstić information content (AvgIpc) is 3.22. The number of benzene rings is 1. The first-order chi connectivity index (χ1) is 9.26. The summed E-state index contributed by atoms with van der Waals surface area (Å²) in [6, 6.07) is 8.44. The van der Waals surface area contributed by atoms with Gasteiger partial charge in [-0.3, -0.25) is 0 Å². The van der Waals surface area contributed by atoms with Gasteiger partial charge in [0.15, 0.2) is 0 Å². The van der Waals surface area contributed by atoms with E-state index in [1.54, 1.807) is 7.11 Å². The van der Waals surface area contributed by atoms with Crippen molar-refractivity contribution in [1.82, 2.24) is 9.55 Å². The van der Waals surface area contributed by atoms with Crippen molar-refractivity contribution in [3.63, 3.8) is 0 Å². The lowest BCUT2D eigenvalue weighted by atomic mass is 10.1. The largest absolute Gasteiger partial charge is 0.496 e. The summed E-state index contributed by atoms with van der Waals surface area (Å²) in [5.41, 5.74) is 8.14. The highest BCUT2D eigenvalue weighted by atomic mass is 16.5. The number of hydrogen-bond donors (Lipinski definition) is 1. The van der Waals surface area contributed by atoms with Crippen LogP contribution in [0.3, 0.4) is 0 Å². The highest BCUT2D eigenvalue weighted by molar-refractivity contribution is 5.76. The third-order valence-electron chi connectivity index (χ3n) is 3.61. The lowest BCUT2D eigenvalue weighted by Crippen LogP contribution is -2.04. The van der Waals surface area contributed by atoms with Gasteiger partial charge in [-0.25, -0.2) is 4.98 Å². The summed E-state index contributed by atoms with van der Waals surface area (Å²) in [7, 11) is 1.67. The minimum absolute atomic E-state index is 0.547. The van der Waals surface area contributed by atoms with Gasteiger partial charge in [-0.1, -0.05) is 19.1 Å². The Morgan fingerprint density at radius 3 is 2.74 bits per heavy atom. The summed E-state index contributed by atoms with van der Waals surface area (Å²) in [6.07, 6.45) is 3.31. The zero-order chi connectivity index (χ0) is 13.4. The SMILES string of the molecule is CCc1nc(-c2ccccc2OC)c(N)n1C1CC1. The summed E-state index contributed by atoms with van der Waals surface area (Å²) < 4.78 is 7.60. The van der Waals surface area contributed by atoms with E-state index in [1.807, 2.05) is 24.3 Å². The Bertz CT molecular complexity index is 599. The number of nitrogens with zero attached hydrogens (tertiary/aromatic N) is 2. The fraction of sp³-hybridized carbons (Fsp3) is 0.400. The van der Waals surface area contributed by atoms with E-state index in [4.69, 9.17) is 15.5 Å². The topological polar surface area (TPSA) is 53.1 Å². The number of para-hydroxylation sites is 1. The summed E-state index contributed by atoms with van der Waals surface area (Å²) in [4.78, 5) is 4.73. The maximum Gasteiger partial charge on any atom is 0.132 e. The molecule has 2 aromatic rings. The van der Waals surface area contributed by atoms with Crippen LogP contribution in [-0.2, 0) is 6.42 Å². The molecular formula is C15H19N3O. The number of aryl methyl sites for hydroxylation is 1. The van der Waals surface area contributed by atoms with Gasteiger partial charge in [-0.2, -0.15) is 0 Å². The van der Waals surface area contributed by atoms with Crippen molar-refractivity contribution in [2.45, 2.75) is 32.2 Å². The Morgan fingerprint density at radius 1 is 1.37 bits per heavy atom. The number of anilines is 1. The molecule has 0 spiro atoms. The van der Waals surface area contributed by atoms with Crippen LogP contribution < -0.4 is 10.5 Å². The van der Waals surface area contributed by atoms with Gasteiger partial charge in [0, 0.05) is 18.0 Å². The normalized spacial score (nSPS) is 14.6. The molecule has 0 amide bonds.